The topological polar surface area (TPSA) is 77.8 Å². The first-order chi connectivity index (χ1) is 27.8. The summed E-state index contributed by atoms with van der Waals surface area (Å²) in [7, 11) is 0. The summed E-state index contributed by atoms with van der Waals surface area (Å²) in [6.45, 7) is 0. The van der Waals surface area contributed by atoms with Gasteiger partial charge in [-0.1, -0.05) is 152 Å². The smallest absolute Gasteiger partial charge is 0.180 e. The van der Waals surface area contributed by atoms with E-state index in [-0.39, 0.29) is 0 Å². The molecule has 0 unspecified atom stereocenters. The van der Waals surface area contributed by atoms with E-state index in [1.165, 1.54) is 0 Å². The number of nitrogens with zero attached hydrogens (tertiary/aromatic N) is 4. The van der Waals surface area contributed by atoms with E-state index in [2.05, 4.69) is 103 Å². The molecule has 0 aliphatic heterocycles. The Morgan fingerprint density at radius 1 is 0.304 bits per heavy atom. The highest BCUT2D eigenvalue weighted by Crippen LogP contribution is 2.41. The molecular formula is C50H30N4O2. The van der Waals surface area contributed by atoms with E-state index in [0.29, 0.717) is 22.8 Å². The van der Waals surface area contributed by atoms with Crippen LogP contribution in [0.2, 0.25) is 0 Å². The van der Waals surface area contributed by atoms with Crippen LogP contribution in [0.15, 0.2) is 191 Å². The highest BCUT2D eigenvalue weighted by atomic mass is 16.3. The largest absolute Gasteiger partial charge is 0.452 e. The predicted molar refractivity (Wildman–Crippen MR) is 225 cm³/mol. The Morgan fingerprint density at radius 2 is 0.732 bits per heavy atom. The highest BCUT2D eigenvalue weighted by Gasteiger charge is 2.22. The van der Waals surface area contributed by atoms with Gasteiger partial charge in [-0.05, 0) is 52.6 Å². The van der Waals surface area contributed by atoms with E-state index in [1.807, 2.05) is 78.9 Å². The van der Waals surface area contributed by atoms with Crippen molar-refractivity contribution in [1.29, 1.82) is 0 Å². The first-order valence-corrected chi connectivity index (χ1v) is 18.6. The van der Waals surface area contributed by atoms with Crippen LogP contribution < -0.4 is 0 Å². The number of aromatic nitrogens is 4. The van der Waals surface area contributed by atoms with Crippen LogP contribution in [0, 0.1) is 0 Å². The molecule has 11 aromatic rings. The van der Waals surface area contributed by atoms with Crippen molar-refractivity contribution in [2.45, 2.75) is 0 Å². The van der Waals surface area contributed by atoms with Crippen LogP contribution in [-0.2, 0) is 0 Å². The number of furan rings is 2. The lowest BCUT2D eigenvalue weighted by Gasteiger charge is -2.15. The van der Waals surface area contributed by atoms with Gasteiger partial charge in [-0.3, -0.25) is 0 Å². The van der Waals surface area contributed by atoms with Gasteiger partial charge in [0.1, 0.15) is 33.6 Å². The van der Waals surface area contributed by atoms with Gasteiger partial charge in [0.2, 0.25) is 0 Å². The number of hydrogen-bond donors (Lipinski definition) is 0. The molecule has 0 N–H and O–H groups in total. The molecule has 4 heterocycles. The standard InChI is InChI=1S/C50H30N4O2/c1-3-16-31(17-4-1)43-47-45(39-26-11-13-28-41(39)55-47)53-49(51-43)34-21-15-20-33(30-34)35-22-7-8-23-36(35)37-24-9-10-25-38(37)50-52-44(32-18-5-2-6-19-32)48-46(54-50)40-27-12-14-29-42(40)56-48/h1-30H. The minimum atomic E-state index is 0.629. The minimum Gasteiger partial charge on any atom is -0.452 e. The Morgan fingerprint density at radius 3 is 1.34 bits per heavy atom. The number of hydrogen-bond acceptors (Lipinski definition) is 6. The second-order valence-electron chi connectivity index (χ2n) is 13.7. The van der Waals surface area contributed by atoms with Crippen LogP contribution in [-0.4, -0.2) is 19.9 Å². The second-order valence-corrected chi connectivity index (χ2v) is 13.7. The van der Waals surface area contributed by atoms with Gasteiger partial charge in [0.15, 0.2) is 22.8 Å². The molecule has 6 heteroatoms. The molecule has 7 aromatic carbocycles. The van der Waals surface area contributed by atoms with Gasteiger partial charge in [0.25, 0.3) is 0 Å². The summed E-state index contributed by atoms with van der Waals surface area (Å²) in [5, 5.41) is 1.91. The average Bonchev–Trinajstić information content (AvgIpc) is 3.85. The molecule has 0 spiro atoms. The lowest BCUT2D eigenvalue weighted by atomic mass is 9.91. The molecule has 0 aliphatic rings. The number of para-hydroxylation sites is 2. The second kappa shape index (κ2) is 13.0. The van der Waals surface area contributed by atoms with Crippen molar-refractivity contribution in [1.82, 2.24) is 19.9 Å². The number of fused-ring (bicyclic) bond motifs is 6. The lowest BCUT2D eigenvalue weighted by Crippen LogP contribution is -1.96. The first kappa shape index (κ1) is 31.8. The molecule has 6 nitrogen and oxygen atoms in total. The molecule has 0 amide bonds. The van der Waals surface area contributed by atoms with Gasteiger partial charge in [-0.15, -0.1) is 0 Å². The van der Waals surface area contributed by atoms with Crippen LogP contribution in [0.1, 0.15) is 0 Å². The fourth-order valence-electron chi connectivity index (χ4n) is 7.72. The van der Waals surface area contributed by atoms with Gasteiger partial charge in [-0.2, -0.15) is 0 Å². The van der Waals surface area contributed by atoms with Gasteiger partial charge in [-0.25, -0.2) is 19.9 Å². The molecule has 0 aliphatic carbocycles. The molecule has 0 saturated carbocycles. The summed E-state index contributed by atoms with van der Waals surface area (Å²) in [5.41, 5.74) is 14.0. The zero-order valence-corrected chi connectivity index (χ0v) is 29.9. The van der Waals surface area contributed by atoms with Crippen molar-refractivity contribution in [2.24, 2.45) is 0 Å². The SMILES string of the molecule is c1ccc(-c2nc(-c3cccc(-c4ccccc4-c4ccccc4-c4nc(-c5ccccc5)c5oc6ccccc6c5n4)c3)nc3c2oc2ccccc23)cc1. The Bertz CT molecular complexity index is 3260. The molecule has 56 heavy (non-hydrogen) atoms. The van der Waals surface area contributed by atoms with Crippen molar-refractivity contribution in [3.05, 3.63) is 182 Å². The zero-order valence-electron chi connectivity index (χ0n) is 29.9. The molecule has 0 radical (unpaired) electrons. The maximum Gasteiger partial charge on any atom is 0.180 e. The Hall–Kier alpha value is -7.70. The monoisotopic (exact) mass is 718 g/mol. The summed E-state index contributed by atoms with van der Waals surface area (Å²) in [4.78, 5) is 20.7. The van der Waals surface area contributed by atoms with Crippen LogP contribution in [0.25, 0.3) is 112 Å². The Labute approximate surface area is 321 Å². The normalized spacial score (nSPS) is 11.6. The predicted octanol–water partition coefficient (Wildman–Crippen LogP) is 13.1. The van der Waals surface area contributed by atoms with Crippen molar-refractivity contribution in [3.8, 4) is 67.5 Å². The van der Waals surface area contributed by atoms with Crippen LogP contribution in [0.5, 0.6) is 0 Å². The van der Waals surface area contributed by atoms with Crippen molar-refractivity contribution in [2.75, 3.05) is 0 Å². The van der Waals surface area contributed by atoms with Crippen molar-refractivity contribution >= 4 is 44.1 Å². The van der Waals surface area contributed by atoms with E-state index >= 15 is 0 Å². The third-order valence-electron chi connectivity index (χ3n) is 10.4. The van der Waals surface area contributed by atoms with Gasteiger partial charge < -0.3 is 8.83 Å². The number of benzene rings is 7. The van der Waals surface area contributed by atoms with E-state index in [9.17, 15) is 0 Å². The lowest BCUT2D eigenvalue weighted by molar-refractivity contribution is 0.667. The minimum absolute atomic E-state index is 0.629. The van der Waals surface area contributed by atoms with Gasteiger partial charge in [0.05, 0.1) is 0 Å². The molecule has 0 bridgehead atoms. The van der Waals surface area contributed by atoms with Gasteiger partial charge >= 0.3 is 0 Å². The van der Waals surface area contributed by atoms with E-state index in [1.54, 1.807) is 0 Å². The third-order valence-corrected chi connectivity index (χ3v) is 10.4. The van der Waals surface area contributed by atoms with E-state index in [4.69, 9.17) is 28.8 Å². The van der Waals surface area contributed by atoms with Crippen LogP contribution in [0.4, 0.5) is 0 Å². The van der Waals surface area contributed by atoms with Crippen LogP contribution >= 0.6 is 0 Å². The molecule has 0 fully saturated rings. The Kier molecular flexibility index (Phi) is 7.38. The third kappa shape index (κ3) is 5.27. The van der Waals surface area contributed by atoms with E-state index < -0.39 is 0 Å². The van der Waals surface area contributed by atoms with Crippen molar-refractivity contribution < 1.29 is 8.83 Å². The van der Waals surface area contributed by atoms with E-state index in [0.717, 1.165) is 88.9 Å². The first-order valence-electron chi connectivity index (χ1n) is 18.6. The fourth-order valence-corrected chi connectivity index (χ4v) is 7.72. The zero-order chi connectivity index (χ0) is 37.0. The summed E-state index contributed by atoms with van der Waals surface area (Å²) in [6, 6.07) is 61.7. The van der Waals surface area contributed by atoms with Gasteiger partial charge in [0, 0.05) is 33.0 Å². The fraction of sp³-hybridized carbons (Fsp3) is 0. The average molecular weight is 719 g/mol. The summed E-state index contributed by atoms with van der Waals surface area (Å²) < 4.78 is 12.8. The highest BCUT2D eigenvalue weighted by molar-refractivity contribution is 6.08. The maximum atomic E-state index is 6.40. The Balaban J connectivity index is 1.08. The summed E-state index contributed by atoms with van der Waals surface area (Å²) in [5.74, 6) is 1.26. The molecule has 4 aromatic heterocycles. The molecule has 0 atom stereocenters. The maximum absolute atomic E-state index is 6.40. The summed E-state index contributed by atoms with van der Waals surface area (Å²) >= 11 is 0. The van der Waals surface area contributed by atoms with Crippen molar-refractivity contribution in [3.63, 3.8) is 0 Å². The quantitative estimate of drug-likeness (QED) is 0.170. The molecule has 0 saturated heterocycles. The molecule has 11 rings (SSSR count). The summed E-state index contributed by atoms with van der Waals surface area (Å²) in [6.07, 6.45) is 0. The number of rotatable bonds is 6. The molecule has 262 valence electrons. The molecular weight excluding hydrogens is 689 g/mol. The van der Waals surface area contributed by atoms with Crippen LogP contribution in [0.3, 0.4) is 0 Å².